The summed E-state index contributed by atoms with van der Waals surface area (Å²) in [6.45, 7) is 5.94. The number of fused-ring (bicyclic) bond motifs is 1. The third kappa shape index (κ3) is 3.65. The Hall–Kier alpha value is -2.71. The monoisotopic (exact) mass is 412 g/mol. The van der Waals surface area contributed by atoms with Gasteiger partial charge in [0.2, 0.25) is 0 Å². The Balaban J connectivity index is 1.49. The van der Waals surface area contributed by atoms with Gasteiger partial charge in [0, 0.05) is 23.4 Å². The van der Waals surface area contributed by atoms with Crippen molar-refractivity contribution < 1.29 is 9.53 Å². The number of carbonyl (C=O) groups excluding carboxylic acids is 1. The molecule has 3 aromatic heterocycles. The van der Waals surface area contributed by atoms with E-state index in [9.17, 15) is 4.79 Å². The fourth-order valence-corrected chi connectivity index (χ4v) is 4.65. The number of hydrogen-bond donors (Lipinski definition) is 1. The zero-order valence-electron chi connectivity index (χ0n) is 16.0. The van der Waals surface area contributed by atoms with E-state index in [1.165, 1.54) is 22.7 Å². The van der Waals surface area contributed by atoms with Crippen molar-refractivity contribution >= 4 is 43.9 Å². The van der Waals surface area contributed by atoms with Crippen LogP contribution >= 0.6 is 22.7 Å². The topological polar surface area (TPSA) is 69.0 Å². The van der Waals surface area contributed by atoms with Crippen LogP contribution in [0.3, 0.4) is 0 Å². The molecule has 144 valence electrons. The van der Waals surface area contributed by atoms with Crippen LogP contribution in [0, 0.1) is 6.92 Å². The second-order valence-electron chi connectivity index (χ2n) is 6.72. The van der Waals surface area contributed by atoms with Crippen molar-refractivity contribution in [1.29, 1.82) is 0 Å². The molecule has 1 aromatic carbocycles. The number of carbonyl (C=O) groups is 1. The minimum Gasteiger partial charge on any atom is -0.491 e. The van der Waals surface area contributed by atoms with Gasteiger partial charge in [-0.15, -0.1) is 22.7 Å². The van der Waals surface area contributed by atoms with Gasteiger partial charge in [0.15, 0.2) is 5.13 Å². The van der Waals surface area contributed by atoms with Crippen molar-refractivity contribution in [3.63, 3.8) is 0 Å². The maximum atomic E-state index is 12.6. The van der Waals surface area contributed by atoms with Crippen LogP contribution in [0.15, 0.2) is 35.7 Å². The summed E-state index contributed by atoms with van der Waals surface area (Å²) in [6.07, 6.45) is 0.139. The summed E-state index contributed by atoms with van der Waals surface area (Å²) < 4.78 is 7.47. The second-order valence-corrected chi connectivity index (χ2v) is 8.61. The number of aryl methyl sites for hydroxylation is 2. The maximum Gasteiger partial charge on any atom is 0.267 e. The highest BCUT2D eigenvalue weighted by molar-refractivity contribution is 7.20. The summed E-state index contributed by atoms with van der Waals surface area (Å²) in [7, 11) is 1.89. The van der Waals surface area contributed by atoms with Gasteiger partial charge in [0.1, 0.15) is 10.6 Å². The van der Waals surface area contributed by atoms with E-state index >= 15 is 0 Å². The molecule has 0 aliphatic carbocycles. The molecule has 0 radical (unpaired) electrons. The van der Waals surface area contributed by atoms with E-state index in [2.05, 4.69) is 15.4 Å². The summed E-state index contributed by atoms with van der Waals surface area (Å²) >= 11 is 2.84. The summed E-state index contributed by atoms with van der Waals surface area (Å²) in [5.41, 5.74) is 2.73. The first-order chi connectivity index (χ1) is 13.4. The van der Waals surface area contributed by atoms with Crippen molar-refractivity contribution in [2.45, 2.75) is 26.9 Å². The number of aromatic nitrogens is 3. The van der Waals surface area contributed by atoms with Crippen LogP contribution in [0.4, 0.5) is 5.13 Å². The van der Waals surface area contributed by atoms with Gasteiger partial charge in [0.25, 0.3) is 5.91 Å². The second kappa shape index (κ2) is 7.37. The molecule has 0 spiro atoms. The number of rotatable bonds is 5. The fourth-order valence-electron chi connectivity index (χ4n) is 2.92. The highest BCUT2D eigenvalue weighted by atomic mass is 32.1. The summed E-state index contributed by atoms with van der Waals surface area (Å²) in [5.74, 6) is 0.680. The van der Waals surface area contributed by atoms with E-state index in [0.29, 0.717) is 10.0 Å². The van der Waals surface area contributed by atoms with E-state index in [1.807, 2.05) is 63.5 Å². The lowest BCUT2D eigenvalue weighted by atomic mass is 10.2. The Kier molecular flexibility index (Phi) is 4.91. The molecule has 0 unspecified atom stereocenters. The molecule has 0 bridgehead atoms. The normalized spacial score (nSPS) is 11.3. The van der Waals surface area contributed by atoms with Crippen molar-refractivity contribution in [1.82, 2.24) is 14.8 Å². The standard InChI is InChI=1S/C20H20N4O2S2/c1-11(2)26-14-7-5-13(6-8-14)16-10-27-20(21-16)22-18(25)17-9-15-12(3)23-24(4)19(15)28-17/h5-11H,1-4H3,(H,21,22,25). The SMILES string of the molecule is Cc1nn(C)c2sc(C(=O)Nc3nc(-c4ccc(OC(C)C)cc4)cs3)cc12. The predicted octanol–water partition coefficient (Wildman–Crippen LogP) is 5.11. The molecule has 0 saturated carbocycles. The number of nitrogens with one attached hydrogen (secondary N) is 1. The quantitative estimate of drug-likeness (QED) is 0.495. The summed E-state index contributed by atoms with van der Waals surface area (Å²) in [6, 6.07) is 9.70. The Morgan fingerprint density at radius 2 is 2.00 bits per heavy atom. The zero-order valence-corrected chi connectivity index (χ0v) is 17.6. The van der Waals surface area contributed by atoms with E-state index in [-0.39, 0.29) is 12.0 Å². The molecule has 0 atom stereocenters. The van der Waals surface area contributed by atoms with Crippen LogP contribution in [-0.4, -0.2) is 26.8 Å². The number of amides is 1. The van der Waals surface area contributed by atoms with Gasteiger partial charge in [0.05, 0.1) is 22.4 Å². The van der Waals surface area contributed by atoms with Crippen LogP contribution < -0.4 is 10.1 Å². The van der Waals surface area contributed by atoms with E-state index in [4.69, 9.17) is 4.74 Å². The van der Waals surface area contributed by atoms with Gasteiger partial charge in [-0.25, -0.2) is 4.98 Å². The van der Waals surface area contributed by atoms with Crippen molar-refractivity contribution in [2.24, 2.45) is 7.05 Å². The molecule has 0 saturated heterocycles. The molecule has 28 heavy (non-hydrogen) atoms. The minimum atomic E-state index is -0.151. The van der Waals surface area contributed by atoms with Gasteiger partial charge in [-0.3, -0.25) is 14.8 Å². The van der Waals surface area contributed by atoms with Crippen LogP contribution in [0.25, 0.3) is 21.5 Å². The van der Waals surface area contributed by atoms with Crippen LogP contribution in [0.5, 0.6) is 5.75 Å². The number of nitrogens with zero attached hydrogens (tertiary/aromatic N) is 3. The van der Waals surface area contributed by atoms with Gasteiger partial charge in [-0.2, -0.15) is 5.10 Å². The molecule has 1 amide bonds. The van der Waals surface area contributed by atoms with Crippen molar-refractivity contribution in [3.05, 3.63) is 46.3 Å². The average Bonchev–Trinajstić information content (AvgIpc) is 3.34. The molecule has 8 heteroatoms. The highest BCUT2D eigenvalue weighted by Gasteiger charge is 2.16. The number of benzene rings is 1. The Bertz CT molecular complexity index is 1100. The first kappa shape index (κ1) is 18.6. The Morgan fingerprint density at radius 3 is 2.68 bits per heavy atom. The van der Waals surface area contributed by atoms with Crippen LogP contribution in [-0.2, 0) is 7.05 Å². The van der Waals surface area contributed by atoms with Gasteiger partial charge >= 0.3 is 0 Å². The molecule has 1 N–H and O–H groups in total. The lowest BCUT2D eigenvalue weighted by Crippen LogP contribution is -2.09. The first-order valence-electron chi connectivity index (χ1n) is 8.88. The third-order valence-corrected chi connectivity index (χ3v) is 6.12. The maximum absolute atomic E-state index is 12.6. The molecular formula is C20H20N4O2S2. The molecular weight excluding hydrogens is 392 g/mol. The lowest BCUT2D eigenvalue weighted by Gasteiger charge is -2.09. The van der Waals surface area contributed by atoms with Crippen molar-refractivity contribution in [2.75, 3.05) is 5.32 Å². The third-order valence-electron chi connectivity index (χ3n) is 4.17. The summed E-state index contributed by atoms with van der Waals surface area (Å²) in [4.78, 5) is 18.8. The Labute approximate surface area is 170 Å². The van der Waals surface area contributed by atoms with Crippen LogP contribution in [0.1, 0.15) is 29.2 Å². The van der Waals surface area contributed by atoms with E-state index in [0.717, 1.165) is 32.9 Å². The molecule has 0 aliphatic heterocycles. The highest BCUT2D eigenvalue weighted by Crippen LogP contribution is 2.30. The van der Waals surface area contributed by atoms with Gasteiger partial charge in [-0.1, -0.05) is 0 Å². The molecule has 6 nitrogen and oxygen atoms in total. The number of anilines is 1. The summed E-state index contributed by atoms with van der Waals surface area (Å²) in [5, 5.41) is 10.8. The number of ether oxygens (including phenoxy) is 1. The van der Waals surface area contributed by atoms with E-state index in [1.54, 1.807) is 4.68 Å². The van der Waals surface area contributed by atoms with Crippen molar-refractivity contribution in [3.8, 4) is 17.0 Å². The lowest BCUT2D eigenvalue weighted by molar-refractivity contribution is 0.103. The number of thiazole rings is 1. The zero-order chi connectivity index (χ0) is 19.8. The van der Waals surface area contributed by atoms with Gasteiger partial charge in [-0.05, 0) is 51.1 Å². The molecule has 0 fully saturated rings. The minimum absolute atomic E-state index is 0.139. The molecule has 4 aromatic rings. The average molecular weight is 413 g/mol. The van der Waals surface area contributed by atoms with Crippen LogP contribution in [0.2, 0.25) is 0 Å². The largest absolute Gasteiger partial charge is 0.491 e. The fraction of sp³-hybridized carbons (Fsp3) is 0.250. The van der Waals surface area contributed by atoms with Gasteiger partial charge < -0.3 is 4.74 Å². The number of hydrogen-bond acceptors (Lipinski definition) is 6. The first-order valence-corrected chi connectivity index (χ1v) is 10.6. The number of thiophene rings is 1. The molecule has 4 rings (SSSR count). The predicted molar refractivity (Wildman–Crippen MR) is 115 cm³/mol. The van der Waals surface area contributed by atoms with E-state index < -0.39 is 0 Å². The molecule has 3 heterocycles. The molecule has 0 aliphatic rings. The smallest absolute Gasteiger partial charge is 0.267 e. The Morgan fingerprint density at radius 1 is 1.25 bits per heavy atom.